The lowest BCUT2D eigenvalue weighted by atomic mass is 10.2. The number of amides is 1. The molecule has 1 aromatic carbocycles. The van der Waals surface area contributed by atoms with Crippen LogP contribution in [0.2, 0.25) is 0 Å². The summed E-state index contributed by atoms with van der Waals surface area (Å²) in [4.78, 5) is 10.9. The second-order valence-electron chi connectivity index (χ2n) is 3.43. The molecular formula is C12H17NO2. The molecule has 1 rings (SSSR count). The zero-order valence-electron chi connectivity index (χ0n) is 9.19. The number of benzene rings is 1. The topological polar surface area (TPSA) is 38.3 Å². The van der Waals surface area contributed by atoms with Crippen LogP contribution in [0.4, 0.5) is 0 Å². The van der Waals surface area contributed by atoms with E-state index < -0.39 is 0 Å². The van der Waals surface area contributed by atoms with Crippen LogP contribution in [0.3, 0.4) is 0 Å². The second kappa shape index (κ2) is 6.06. The van der Waals surface area contributed by atoms with Gasteiger partial charge in [0.05, 0.1) is 6.04 Å². The molecule has 82 valence electrons. The van der Waals surface area contributed by atoms with Crippen LogP contribution < -0.4 is 10.1 Å². The monoisotopic (exact) mass is 207 g/mol. The average molecular weight is 207 g/mol. The summed E-state index contributed by atoms with van der Waals surface area (Å²) in [6, 6.07) is 9.69. The van der Waals surface area contributed by atoms with Crippen LogP contribution in [-0.4, -0.2) is 18.6 Å². The number of para-hydroxylation sites is 1. The molecule has 1 aromatic rings. The highest BCUT2D eigenvalue weighted by atomic mass is 16.5. The molecule has 0 aliphatic heterocycles. The van der Waals surface area contributed by atoms with Gasteiger partial charge in [-0.15, -0.1) is 0 Å². The zero-order chi connectivity index (χ0) is 11.1. The molecule has 0 fully saturated rings. The van der Waals surface area contributed by atoms with E-state index in [4.69, 9.17) is 4.74 Å². The standard InChI is InChI=1S/C12H17NO2/c1-3-11(13-10(2)14)9-15-12-7-5-4-6-8-12/h4-8,11H,3,9H2,1-2H3,(H,13,14). The summed E-state index contributed by atoms with van der Waals surface area (Å²) in [5.74, 6) is 0.819. The highest BCUT2D eigenvalue weighted by Crippen LogP contribution is 2.08. The molecule has 1 unspecified atom stereocenters. The van der Waals surface area contributed by atoms with Crippen molar-refractivity contribution in [3.05, 3.63) is 30.3 Å². The molecule has 1 N–H and O–H groups in total. The Labute approximate surface area is 90.4 Å². The van der Waals surface area contributed by atoms with Gasteiger partial charge < -0.3 is 10.1 Å². The number of rotatable bonds is 5. The minimum absolute atomic E-state index is 0.0153. The minimum atomic E-state index is -0.0153. The molecule has 0 aliphatic rings. The van der Waals surface area contributed by atoms with Gasteiger partial charge in [0.1, 0.15) is 12.4 Å². The SMILES string of the molecule is CCC(COc1ccccc1)NC(C)=O. The quantitative estimate of drug-likeness (QED) is 0.801. The molecule has 3 nitrogen and oxygen atoms in total. The first-order valence-corrected chi connectivity index (χ1v) is 5.17. The van der Waals surface area contributed by atoms with Crippen LogP contribution in [0, 0.1) is 0 Å². The van der Waals surface area contributed by atoms with Crippen molar-refractivity contribution in [1.29, 1.82) is 0 Å². The maximum absolute atomic E-state index is 10.9. The fourth-order valence-corrected chi connectivity index (χ4v) is 1.26. The Kier molecular flexibility index (Phi) is 4.68. The van der Waals surface area contributed by atoms with Crippen LogP contribution in [0.15, 0.2) is 30.3 Å². The first kappa shape index (κ1) is 11.6. The van der Waals surface area contributed by atoms with Gasteiger partial charge in [0.15, 0.2) is 0 Å². The number of ether oxygens (including phenoxy) is 1. The largest absolute Gasteiger partial charge is 0.491 e. The van der Waals surface area contributed by atoms with Gasteiger partial charge in [-0.2, -0.15) is 0 Å². The van der Waals surface area contributed by atoms with Crippen LogP contribution in [0.5, 0.6) is 5.75 Å². The van der Waals surface area contributed by atoms with Gasteiger partial charge in [0, 0.05) is 6.92 Å². The van der Waals surface area contributed by atoms with Crippen molar-refractivity contribution in [2.45, 2.75) is 26.3 Å². The molecular weight excluding hydrogens is 190 g/mol. The lowest BCUT2D eigenvalue weighted by molar-refractivity contribution is -0.119. The molecule has 0 bridgehead atoms. The summed E-state index contributed by atoms with van der Waals surface area (Å²) in [5.41, 5.74) is 0. The van der Waals surface area contributed by atoms with Gasteiger partial charge in [-0.25, -0.2) is 0 Å². The first-order valence-electron chi connectivity index (χ1n) is 5.17. The summed E-state index contributed by atoms with van der Waals surface area (Å²) in [7, 11) is 0. The maximum Gasteiger partial charge on any atom is 0.217 e. The molecule has 0 spiro atoms. The normalized spacial score (nSPS) is 11.9. The molecule has 3 heteroatoms. The van der Waals surface area contributed by atoms with Gasteiger partial charge in [-0.05, 0) is 18.6 Å². The molecule has 0 aliphatic carbocycles. The number of nitrogens with one attached hydrogen (secondary N) is 1. The summed E-state index contributed by atoms with van der Waals surface area (Å²) < 4.78 is 5.55. The van der Waals surface area contributed by atoms with Crippen molar-refractivity contribution in [3.8, 4) is 5.75 Å². The molecule has 0 radical (unpaired) electrons. The zero-order valence-corrected chi connectivity index (χ0v) is 9.19. The Morgan fingerprint density at radius 2 is 2.07 bits per heavy atom. The number of hydrogen-bond acceptors (Lipinski definition) is 2. The van der Waals surface area contributed by atoms with Crippen molar-refractivity contribution < 1.29 is 9.53 Å². The molecule has 0 saturated heterocycles. The number of carbonyl (C=O) groups is 1. The Balaban J connectivity index is 2.37. The van der Waals surface area contributed by atoms with Crippen molar-refractivity contribution in [3.63, 3.8) is 0 Å². The smallest absolute Gasteiger partial charge is 0.217 e. The van der Waals surface area contributed by atoms with Crippen LogP contribution >= 0.6 is 0 Å². The van der Waals surface area contributed by atoms with E-state index in [9.17, 15) is 4.79 Å². The van der Waals surface area contributed by atoms with E-state index in [-0.39, 0.29) is 11.9 Å². The molecule has 15 heavy (non-hydrogen) atoms. The van der Waals surface area contributed by atoms with Gasteiger partial charge in [0.2, 0.25) is 5.91 Å². The first-order chi connectivity index (χ1) is 7.22. The van der Waals surface area contributed by atoms with Crippen LogP contribution in [-0.2, 0) is 4.79 Å². The summed E-state index contributed by atoms with van der Waals surface area (Å²) in [5, 5.41) is 2.84. The van der Waals surface area contributed by atoms with Gasteiger partial charge in [-0.3, -0.25) is 4.79 Å². The maximum atomic E-state index is 10.9. The highest BCUT2D eigenvalue weighted by Gasteiger charge is 2.07. The van der Waals surface area contributed by atoms with E-state index in [1.165, 1.54) is 6.92 Å². The third kappa shape index (κ3) is 4.49. The van der Waals surface area contributed by atoms with E-state index in [0.29, 0.717) is 6.61 Å². The van der Waals surface area contributed by atoms with Crippen molar-refractivity contribution in [1.82, 2.24) is 5.32 Å². The summed E-state index contributed by atoms with van der Waals surface area (Å²) in [6.07, 6.45) is 0.867. The lowest BCUT2D eigenvalue weighted by Gasteiger charge is -2.16. The average Bonchev–Trinajstić information content (AvgIpc) is 2.25. The molecule has 0 aromatic heterocycles. The lowest BCUT2D eigenvalue weighted by Crippen LogP contribution is -2.37. The Morgan fingerprint density at radius 3 is 2.60 bits per heavy atom. The third-order valence-corrected chi connectivity index (χ3v) is 2.09. The van der Waals surface area contributed by atoms with E-state index in [1.54, 1.807) is 0 Å². The van der Waals surface area contributed by atoms with E-state index in [0.717, 1.165) is 12.2 Å². The molecule has 1 amide bonds. The molecule has 0 saturated carbocycles. The second-order valence-corrected chi connectivity index (χ2v) is 3.43. The predicted molar refractivity (Wildman–Crippen MR) is 59.8 cm³/mol. The molecule has 0 heterocycles. The number of carbonyl (C=O) groups excluding carboxylic acids is 1. The van der Waals surface area contributed by atoms with Crippen molar-refractivity contribution in [2.75, 3.05) is 6.61 Å². The van der Waals surface area contributed by atoms with Gasteiger partial charge in [-0.1, -0.05) is 25.1 Å². The predicted octanol–water partition coefficient (Wildman–Crippen LogP) is 1.98. The highest BCUT2D eigenvalue weighted by molar-refractivity contribution is 5.73. The fraction of sp³-hybridized carbons (Fsp3) is 0.417. The van der Waals surface area contributed by atoms with Crippen LogP contribution in [0.1, 0.15) is 20.3 Å². The third-order valence-electron chi connectivity index (χ3n) is 2.09. The van der Waals surface area contributed by atoms with E-state index in [2.05, 4.69) is 5.32 Å². The summed E-state index contributed by atoms with van der Waals surface area (Å²) >= 11 is 0. The van der Waals surface area contributed by atoms with Crippen LogP contribution in [0.25, 0.3) is 0 Å². The molecule has 1 atom stereocenters. The Bertz CT molecular complexity index is 298. The minimum Gasteiger partial charge on any atom is -0.491 e. The van der Waals surface area contributed by atoms with Crippen molar-refractivity contribution in [2.24, 2.45) is 0 Å². The Hall–Kier alpha value is -1.51. The Morgan fingerprint density at radius 1 is 1.40 bits per heavy atom. The van der Waals surface area contributed by atoms with Gasteiger partial charge >= 0.3 is 0 Å². The summed E-state index contributed by atoms with van der Waals surface area (Å²) in [6.45, 7) is 4.06. The van der Waals surface area contributed by atoms with E-state index >= 15 is 0 Å². The fourth-order valence-electron chi connectivity index (χ4n) is 1.26. The van der Waals surface area contributed by atoms with Gasteiger partial charge in [0.25, 0.3) is 0 Å². The van der Waals surface area contributed by atoms with E-state index in [1.807, 2.05) is 37.3 Å². The van der Waals surface area contributed by atoms with Crippen molar-refractivity contribution >= 4 is 5.91 Å². The number of hydrogen-bond donors (Lipinski definition) is 1.